The third-order valence-corrected chi connectivity index (χ3v) is 5.36. The number of benzene rings is 3. The van der Waals surface area contributed by atoms with E-state index in [2.05, 4.69) is 5.43 Å². The van der Waals surface area contributed by atoms with Crippen molar-refractivity contribution in [2.24, 2.45) is 0 Å². The summed E-state index contributed by atoms with van der Waals surface area (Å²) in [6.07, 6.45) is -5.21. The number of hydrogen-bond acceptors (Lipinski definition) is 4. The van der Waals surface area contributed by atoms with Crippen molar-refractivity contribution in [1.29, 1.82) is 0 Å². The van der Waals surface area contributed by atoms with Crippen LogP contribution in [0.4, 0.5) is 18.9 Å². The lowest BCUT2D eigenvalue weighted by Crippen LogP contribution is -2.54. The molecule has 7 nitrogen and oxygen atoms in total. The number of nitrogens with one attached hydrogen (secondary N) is 1. The van der Waals surface area contributed by atoms with E-state index < -0.39 is 47.8 Å². The Balaban J connectivity index is 1.68. The highest BCUT2D eigenvalue weighted by atomic mass is 19.4. The molecule has 3 aromatic rings. The van der Waals surface area contributed by atoms with Gasteiger partial charge in [0.1, 0.15) is 6.04 Å². The minimum absolute atomic E-state index is 0.138. The summed E-state index contributed by atoms with van der Waals surface area (Å²) < 4.78 is 39.5. The quantitative estimate of drug-likeness (QED) is 0.454. The molecule has 3 aromatic carbocycles. The first-order chi connectivity index (χ1) is 16.7. The molecule has 0 aliphatic carbocycles. The van der Waals surface area contributed by atoms with Crippen molar-refractivity contribution in [1.82, 2.24) is 10.4 Å². The van der Waals surface area contributed by atoms with Crippen molar-refractivity contribution in [3.63, 3.8) is 0 Å². The molecule has 1 N–H and O–H groups in total. The van der Waals surface area contributed by atoms with E-state index >= 15 is 0 Å². The Morgan fingerprint density at radius 3 is 2.06 bits per heavy atom. The molecule has 1 aliphatic rings. The van der Waals surface area contributed by atoms with Gasteiger partial charge >= 0.3 is 6.18 Å². The minimum atomic E-state index is -4.68. The molecule has 1 aliphatic heterocycles. The molecule has 35 heavy (non-hydrogen) atoms. The molecule has 1 heterocycles. The van der Waals surface area contributed by atoms with Crippen molar-refractivity contribution >= 4 is 29.3 Å². The van der Waals surface area contributed by atoms with E-state index in [0.29, 0.717) is 11.0 Å². The summed E-state index contributed by atoms with van der Waals surface area (Å²) in [5.41, 5.74) is 1.42. The summed E-state index contributed by atoms with van der Waals surface area (Å²) in [4.78, 5) is 52.7. The van der Waals surface area contributed by atoms with Crippen LogP contribution in [0.25, 0.3) is 0 Å². The zero-order chi connectivity index (χ0) is 25.2. The Labute approximate surface area is 197 Å². The molecule has 1 fully saturated rings. The molecule has 10 heteroatoms. The molecule has 4 rings (SSSR count). The molecule has 1 saturated heterocycles. The van der Waals surface area contributed by atoms with Crippen LogP contribution in [0.3, 0.4) is 0 Å². The number of alkyl halides is 3. The van der Waals surface area contributed by atoms with Gasteiger partial charge in [-0.05, 0) is 42.5 Å². The summed E-state index contributed by atoms with van der Waals surface area (Å²) in [6, 6.07) is 18.0. The molecular formula is C25H18F3N3O4. The number of carbonyl (C=O) groups excluding carboxylic acids is 4. The molecule has 1 atom stereocenters. The SMILES string of the molecule is O=C(NN(C(=O)c1ccccc1)C1CC(=O)N(c2cccc(C(F)(F)F)c2)C1=O)c1ccccc1. The number of halogens is 3. The number of carbonyl (C=O) groups is 4. The van der Waals surface area contributed by atoms with E-state index in [-0.39, 0.29) is 16.8 Å². The first-order valence-corrected chi connectivity index (χ1v) is 10.5. The Hall–Kier alpha value is -4.47. The minimum Gasteiger partial charge on any atom is -0.274 e. The van der Waals surface area contributed by atoms with E-state index in [1.54, 1.807) is 36.4 Å². The third kappa shape index (κ3) is 4.91. The van der Waals surface area contributed by atoms with Crippen LogP contribution < -0.4 is 10.3 Å². The first-order valence-electron chi connectivity index (χ1n) is 10.5. The Kier molecular flexibility index (Phi) is 6.37. The number of rotatable bonds is 4. The Bertz CT molecular complexity index is 1280. The van der Waals surface area contributed by atoms with Crippen LogP contribution in [-0.2, 0) is 15.8 Å². The largest absolute Gasteiger partial charge is 0.416 e. The molecule has 0 radical (unpaired) electrons. The Morgan fingerprint density at radius 1 is 0.857 bits per heavy atom. The topological polar surface area (TPSA) is 86.8 Å². The number of anilines is 1. The maximum absolute atomic E-state index is 13.3. The molecule has 0 aromatic heterocycles. The number of nitrogens with zero attached hydrogens (tertiary/aromatic N) is 2. The van der Waals surface area contributed by atoms with Gasteiger partial charge in [0.2, 0.25) is 5.91 Å². The lowest BCUT2D eigenvalue weighted by Gasteiger charge is -2.28. The molecule has 0 bridgehead atoms. The fourth-order valence-electron chi connectivity index (χ4n) is 3.66. The van der Waals surface area contributed by atoms with Gasteiger partial charge < -0.3 is 0 Å². The normalized spacial score (nSPS) is 15.7. The third-order valence-electron chi connectivity index (χ3n) is 5.36. The van der Waals surface area contributed by atoms with Gasteiger partial charge in [0.15, 0.2) is 0 Å². The summed E-state index contributed by atoms with van der Waals surface area (Å²) in [7, 11) is 0. The van der Waals surface area contributed by atoms with Crippen molar-refractivity contribution in [2.45, 2.75) is 18.6 Å². The van der Waals surface area contributed by atoms with Crippen LogP contribution in [0.5, 0.6) is 0 Å². The van der Waals surface area contributed by atoms with E-state index in [0.717, 1.165) is 17.1 Å². The molecule has 4 amide bonds. The average molecular weight is 481 g/mol. The molecule has 0 spiro atoms. The summed E-state index contributed by atoms with van der Waals surface area (Å²) >= 11 is 0. The Morgan fingerprint density at radius 2 is 1.46 bits per heavy atom. The van der Waals surface area contributed by atoms with Gasteiger partial charge in [0, 0.05) is 11.1 Å². The standard InChI is InChI=1S/C25H18F3N3O4/c26-25(27,28)18-12-7-13-19(14-18)30-21(32)15-20(24(30)35)31(23(34)17-10-5-2-6-11-17)29-22(33)16-8-3-1-4-9-16/h1-14,20H,15H2,(H,29,33). The summed E-state index contributed by atoms with van der Waals surface area (Å²) in [5, 5.41) is 0.762. The fraction of sp³-hybridized carbons (Fsp3) is 0.120. The maximum atomic E-state index is 13.3. The van der Waals surface area contributed by atoms with Gasteiger partial charge in [0.05, 0.1) is 17.7 Å². The van der Waals surface area contributed by atoms with E-state index in [9.17, 15) is 32.3 Å². The lowest BCUT2D eigenvalue weighted by atomic mass is 10.1. The van der Waals surface area contributed by atoms with Crippen LogP contribution in [-0.4, -0.2) is 34.7 Å². The molecule has 1 unspecified atom stereocenters. The lowest BCUT2D eigenvalue weighted by molar-refractivity contribution is -0.137. The second-order valence-corrected chi connectivity index (χ2v) is 7.68. The highest BCUT2D eigenvalue weighted by molar-refractivity contribution is 6.23. The summed E-state index contributed by atoms with van der Waals surface area (Å²) in [6.45, 7) is 0. The van der Waals surface area contributed by atoms with Gasteiger partial charge in [-0.15, -0.1) is 0 Å². The van der Waals surface area contributed by atoms with E-state index in [1.807, 2.05) is 0 Å². The second kappa shape index (κ2) is 9.41. The smallest absolute Gasteiger partial charge is 0.274 e. The van der Waals surface area contributed by atoms with E-state index in [1.165, 1.54) is 30.3 Å². The van der Waals surface area contributed by atoms with Crippen LogP contribution >= 0.6 is 0 Å². The van der Waals surface area contributed by atoms with Crippen molar-refractivity contribution < 1.29 is 32.3 Å². The van der Waals surface area contributed by atoms with Crippen molar-refractivity contribution in [3.8, 4) is 0 Å². The highest BCUT2D eigenvalue weighted by Gasteiger charge is 2.46. The number of hydrazine groups is 1. The van der Waals surface area contributed by atoms with Gasteiger partial charge in [-0.1, -0.05) is 42.5 Å². The first kappa shape index (κ1) is 23.7. The zero-order valence-electron chi connectivity index (χ0n) is 18.0. The highest BCUT2D eigenvalue weighted by Crippen LogP contribution is 2.33. The van der Waals surface area contributed by atoms with Gasteiger partial charge in [-0.2, -0.15) is 13.2 Å². The van der Waals surface area contributed by atoms with Crippen LogP contribution in [0.2, 0.25) is 0 Å². The molecule has 0 saturated carbocycles. The molecule has 178 valence electrons. The van der Waals surface area contributed by atoms with Crippen LogP contribution in [0.1, 0.15) is 32.7 Å². The fourth-order valence-corrected chi connectivity index (χ4v) is 3.66. The van der Waals surface area contributed by atoms with Gasteiger partial charge in [-0.3, -0.25) is 24.6 Å². The predicted molar refractivity (Wildman–Crippen MR) is 119 cm³/mol. The van der Waals surface area contributed by atoms with Gasteiger partial charge in [-0.25, -0.2) is 9.91 Å². The monoisotopic (exact) mass is 481 g/mol. The molecular weight excluding hydrogens is 463 g/mol. The van der Waals surface area contributed by atoms with E-state index in [4.69, 9.17) is 0 Å². The second-order valence-electron chi connectivity index (χ2n) is 7.68. The predicted octanol–water partition coefficient (Wildman–Crippen LogP) is 3.82. The average Bonchev–Trinajstić information content (AvgIpc) is 3.16. The summed E-state index contributed by atoms with van der Waals surface area (Å²) in [5.74, 6) is -3.20. The van der Waals surface area contributed by atoms with Crippen molar-refractivity contribution in [3.05, 3.63) is 102 Å². The maximum Gasteiger partial charge on any atom is 0.416 e. The van der Waals surface area contributed by atoms with Crippen LogP contribution in [0, 0.1) is 0 Å². The zero-order valence-corrected chi connectivity index (χ0v) is 18.0. The number of amides is 4. The number of imide groups is 1. The van der Waals surface area contributed by atoms with Crippen molar-refractivity contribution in [2.75, 3.05) is 4.90 Å². The number of hydrogen-bond donors (Lipinski definition) is 1. The van der Waals surface area contributed by atoms with Gasteiger partial charge in [0.25, 0.3) is 17.7 Å². The van der Waals surface area contributed by atoms with Crippen LogP contribution in [0.15, 0.2) is 84.9 Å².